The molecule has 0 unspecified atom stereocenters. The van der Waals surface area contributed by atoms with E-state index in [1.807, 2.05) is 30.3 Å². The number of primary amides is 1. The second-order valence-corrected chi connectivity index (χ2v) is 6.56. The number of ether oxygens (including phenoxy) is 2. The zero-order valence-corrected chi connectivity index (χ0v) is 15.0. The van der Waals surface area contributed by atoms with Crippen molar-refractivity contribution in [2.24, 2.45) is 11.1 Å². The van der Waals surface area contributed by atoms with E-state index < -0.39 is 11.3 Å². The molecule has 2 aromatic rings. The molecule has 2 aromatic carbocycles. The number of carbonyl (C=O) groups excluding carboxylic acids is 2. The minimum atomic E-state index is -0.798. The zero-order valence-electron chi connectivity index (χ0n) is 15.0. The first-order chi connectivity index (χ1) is 12.4. The molecule has 138 valence electrons. The lowest BCUT2D eigenvalue weighted by Gasteiger charge is -2.20. The average molecular weight is 356 g/mol. The van der Waals surface area contributed by atoms with Gasteiger partial charge in [0.2, 0.25) is 5.91 Å². The predicted octanol–water partition coefficient (Wildman–Crippen LogP) is 2.27. The van der Waals surface area contributed by atoms with Crippen molar-refractivity contribution >= 4 is 11.8 Å². The first-order valence-corrected chi connectivity index (χ1v) is 8.33. The van der Waals surface area contributed by atoms with Gasteiger partial charge in [0.05, 0.1) is 5.41 Å². The predicted molar refractivity (Wildman–Crippen MR) is 98.7 cm³/mol. The summed E-state index contributed by atoms with van der Waals surface area (Å²) in [5.74, 6) is 0.490. The van der Waals surface area contributed by atoms with Gasteiger partial charge >= 0.3 is 0 Å². The minimum absolute atomic E-state index is 0.140. The van der Waals surface area contributed by atoms with Crippen molar-refractivity contribution in [2.75, 3.05) is 13.2 Å². The first-order valence-electron chi connectivity index (χ1n) is 8.33. The summed E-state index contributed by atoms with van der Waals surface area (Å²) in [4.78, 5) is 23.0. The molecule has 2 rings (SSSR count). The van der Waals surface area contributed by atoms with Gasteiger partial charge in [-0.3, -0.25) is 9.59 Å². The Bertz CT molecular complexity index is 727. The second kappa shape index (κ2) is 8.89. The highest BCUT2D eigenvalue weighted by Crippen LogP contribution is 2.18. The molecule has 0 spiro atoms. The number of hydrogen-bond donors (Lipinski definition) is 2. The Balaban J connectivity index is 1.75. The Kier molecular flexibility index (Phi) is 6.60. The van der Waals surface area contributed by atoms with Gasteiger partial charge in [0.1, 0.15) is 18.1 Å². The summed E-state index contributed by atoms with van der Waals surface area (Å²) in [6, 6.07) is 16.9. The van der Waals surface area contributed by atoms with Crippen LogP contribution in [0.1, 0.15) is 19.4 Å². The molecule has 6 nitrogen and oxygen atoms in total. The smallest absolute Gasteiger partial charge is 0.257 e. The fourth-order valence-electron chi connectivity index (χ4n) is 1.98. The molecule has 2 amide bonds. The topological polar surface area (TPSA) is 90.7 Å². The molecule has 0 aromatic heterocycles. The molecule has 0 aliphatic rings. The van der Waals surface area contributed by atoms with Crippen LogP contribution in [0.5, 0.6) is 11.5 Å². The second-order valence-electron chi connectivity index (χ2n) is 6.56. The number of hydrogen-bond acceptors (Lipinski definition) is 4. The summed E-state index contributed by atoms with van der Waals surface area (Å²) in [5.41, 5.74) is 5.55. The fourth-order valence-corrected chi connectivity index (χ4v) is 1.98. The molecule has 26 heavy (non-hydrogen) atoms. The van der Waals surface area contributed by atoms with Gasteiger partial charge in [0.15, 0.2) is 6.61 Å². The zero-order chi connectivity index (χ0) is 19.0. The lowest BCUT2D eigenvalue weighted by Crippen LogP contribution is -2.43. The Morgan fingerprint density at radius 1 is 0.962 bits per heavy atom. The summed E-state index contributed by atoms with van der Waals surface area (Å²) in [5, 5.41) is 2.63. The summed E-state index contributed by atoms with van der Waals surface area (Å²) in [7, 11) is 0. The number of amides is 2. The van der Waals surface area contributed by atoms with Gasteiger partial charge in [-0.05, 0) is 43.7 Å². The van der Waals surface area contributed by atoms with Gasteiger partial charge in [0.25, 0.3) is 5.91 Å². The normalized spacial score (nSPS) is 10.8. The third-order valence-corrected chi connectivity index (χ3v) is 3.84. The van der Waals surface area contributed by atoms with Crippen molar-refractivity contribution in [3.63, 3.8) is 0 Å². The van der Waals surface area contributed by atoms with Crippen molar-refractivity contribution in [1.29, 1.82) is 0 Å². The average Bonchev–Trinajstić information content (AvgIpc) is 2.64. The molecule has 0 aliphatic heterocycles. The van der Waals surface area contributed by atoms with Gasteiger partial charge in [-0.1, -0.05) is 30.3 Å². The van der Waals surface area contributed by atoms with E-state index in [0.717, 1.165) is 5.56 Å². The Morgan fingerprint density at radius 2 is 1.54 bits per heavy atom. The monoisotopic (exact) mass is 356 g/mol. The molecule has 0 aliphatic carbocycles. The fraction of sp³-hybridized carbons (Fsp3) is 0.300. The van der Waals surface area contributed by atoms with E-state index in [1.165, 1.54) is 0 Å². The van der Waals surface area contributed by atoms with Crippen molar-refractivity contribution in [3.05, 3.63) is 60.2 Å². The van der Waals surface area contributed by atoms with Gasteiger partial charge in [-0.15, -0.1) is 0 Å². The number of rotatable bonds is 9. The molecule has 0 saturated carbocycles. The quantitative estimate of drug-likeness (QED) is 0.721. The largest absolute Gasteiger partial charge is 0.489 e. The number of carbonyl (C=O) groups is 2. The van der Waals surface area contributed by atoms with Crippen molar-refractivity contribution in [1.82, 2.24) is 5.32 Å². The molecule has 0 fully saturated rings. The van der Waals surface area contributed by atoms with Crippen LogP contribution in [0.25, 0.3) is 0 Å². The van der Waals surface area contributed by atoms with E-state index in [1.54, 1.807) is 38.1 Å². The molecule has 0 heterocycles. The molecule has 0 bridgehead atoms. The van der Waals surface area contributed by atoms with Gasteiger partial charge in [-0.2, -0.15) is 0 Å². The number of nitrogens with one attached hydrogen (secondary N) is 1. The van der Waals surface area contributed by atoms with Crippen LogP contribution in [0.3, 0.4) is 0 Å². The van der Waals surface area contributed by atoms with Gasteiger partial charge in [0, 0.05) is 6.54 Å². The highest BCUT2D eigenvalue weighted by atomic mass is 16.5. The van der Waals surface area contributed by atoms with Crippen molar-refractivity contribution in [3.8, 4) is 11.5 Å². The molecular weight excluding hydrogens is 332 g/mol. The minimum Gasteiger partial charge on any atom is -0.489 e. The first kappa shape index (κ1) is 19.3. The van der Waals surface area contributed by atoms with Gasteiger partial charge in [-0.25, -0.2) is 0 Å². The summed E-state index contributed by atoms with van der Waals surface area (Å²) in [6.07, 6.45) is 0. The maximum Gasteiger partial charge on any atom is 0.257 e. The van der Waals surface area contributed by atoms with Crippen LogP contribution in [0.4, 0.5) is 0 Å². The lowest BCUT2D eigenvalue weighted by atomic mass is 9.93. The van der Waals surface area contributed by atoms with E-state index in [9.17, 15) is 9.59 Å². The Hall–Kier alpha value is -3.02. The molecule has 0 atom stereocenters. The number of benzene rings is 2. The molecule has 0 radical (unpaired) electrons. The van der Waals surface area contributed by atoms with E-state index in [4.69, 9.17) is 15.2 Å². The summed E-state index contributed by atoms with van der Waals surface area (Å²) < 4.78 is 11.1. The Labute approximate surface area is 153 Å². The lowest BCUT2D eigenvalue weighted by molar-refractivity contribution is -0.127. The molecule has 6 heteroatoms. The molecule has 3 N–H and O–H groups in total. The van der Waals surface area contributed by atoms with Crippen molar-refractivity contribution < 1.29 is 19.1 Å². The van der Waals surface area contributed by atoms with E-state index in [-0.39, 0.29) is 19.1 Å². The molecule has 0 saturated heterocycles. The third kappa shape index (κ3) is 6.12. The standard InChI is InChI=1S/C20H24N2O4/c1-20(2,19(21)24)14-22-18(23)13-26-17-10-8-16(9-11-17)25-12-15-6-4-3-5-7-15/h3-11H,12-14H2,1-2H3,(H2,21,24)(H,22,23). The van der Waals surface area contributed by atoms with Crippen LogP contribution < -0.4 is 20.5 Å². The third-order valence-electron chi connectivity index (χ3n) is 3.84. The Morgan fingerprint density at radius 3 is 2.12 bits per heavy atom. The van der Waals surface area contributed by atoms with Crippen LogP contribution in [-0.2, 0) is 16.2 Å². The van der Waals surface area contributed by atoms with Crippen LogP contribution in [0.15, 0.2) is 54.6 Å². The maximum absolute atomic E-state index is 11.8. The van der Waals surface area contributed by atoms with Crippen molar-refractivity contribution in [2.45, 2.75) is 20.5 Å². The van der Waals surface area contributed by atoms with Crippen LogP contribution in [-0.4, -0.2) is 25.0 Å². The highest BCUT2D eigenvalue weighted by molar-refractivity contribution is 5.82. The SMILES string of the molecule is CC(C)(CNC(=O)COc1ccc(OCc2ccccc2)cc1)C(N)=O. The molecular formula is C20H24N2O4. The maximum atomic E-state index is 11.8. The van der Waals surface area contributed by atoms with E-state index in [2.05, 4.69) is 5.32 Å². The van der Waals surface area contributed by atoms with Crippen LogP contribution in [0, 0.1) is 5.41 Å². The highest BCUT2D eigenvalue weighted by Gasteiger charge is 2.25. The van der Waals surface area contributed by atoms with E-state index in [0.29, 0.717) is 18.1 Å². The van der Waals surface area contributed by atoms with E-state index >= 15 is 0 Å². The number of nitrogens with two attached hydrogens (primary N) is 1. The van der Waals surface area contributed by atoms with Crippen LogP contribution >= 0.6 is 0 Å². The van der Waals surface area contributed by atoms with Crippen LogP contribution in [0.2, 0.25) is 0 Å². The summed E-state index contributed by atoms with van der Waals surface area (Å²) >= 11 is 0. The summed E-state index contributed by atoms with van der Waals surface area (Å²) in [6.45, 7) is 3.85. The van der Waals surface area contributed by atoms with Gasteiger partial charge < -0.3 is 20.5 Å².